The lowest BCUT2D eigenvalue weighted by Gasteiger charge is -2.06. The number of nitrogens with one attached hydrogen (secondary N) is 1. The number of ether oxygens (including phenoxy) is 2. The minimum absolute atomic E-state index is 0.125. The number of carbonyl (C=O) groups is 1. The van der Waals surface area contributed by atoms with Gasteiger partial charge in [0.2, 0.25) is 0 Å². The van der Waals surface area contributed by atoms with Crippen molar-refractivity contribution in [1.29, 1.82) is 0 Å². The van der Waals surface area contributed by atoms with Crippen LogP contribution >= 0.6 is 11.3 Å². The first-order valence-electron chi connectivity index (χ1n) is 5.43. The number of hydrogen-bond acceptors (Lipinski definition) is 6. The normalized spacial score (nSPS) is 28.7. The summed E-state index contributed by atoms with van der Waals surface area (Å²) < 4.78 is 10.6. The fourth-order valence-electron chi connectivity index (χ4n) is 1.88. The Morgan fingerprint density at radius 3 is 3.12 bits per heavy atom. The summed E-state index contributed by atoms with van der Waals surface area (Å²) in [5.41, 5.74) is 1.37. The fraction of sp³-hybridized carbons (Fsp3) is 0.455. The third-order valence-corrected chi connectivity index (χ3v) is 3.72. The van der Waals surface area contributed by atoms with Gasteiger partial charge in [-0.2, -0.15) is 0 Å². The summed E-state index contributed by atoms with van der Waals surface area (Å²) in [5.74, 6) is -0.318. The predicted molar refractivity (Wildman–Crippen MR) is 61.4 cm³/mol. The second kappa shape index (κ2) is 4.21. The van der Waals surface area contributed by atoms with Gasteiger partial charge in [-0.15, -0.1) is 11.3 Å². The van der Waals surface area contributed by atoms with Gasteiger partial charge < -0.3 is 9.47 Å². The summed E-state index contributed by atoms with van der Waals surface area (Å²) in [6.07, 6.45) is 0.139. The standard InChI is InChI=1S/C11H12N2O3S/c1-6-4-8(16-11(6)14)10-13-7(5-17-10)9-12-2-3-15-9/h5,8-9,12H,1-4H2. The molecule has 90 valence electrons. The quantitative estimate of drug-likeness (QED) is 0.635. The van der Waals surface area contributed by atoms with Crippen molar-refractivity contribution in [2.24, 2.45) is 0 Å². The first kappa shape index (κ1) is 10.9. The highest BCUT2D eigenvalue weighted by Gasteiger charge is 2.31. The fourth-order valence-corrected chi connectivity index (χ4v) is 2.74. The SMILES string of the molecule is C=C1CC(c2nc(C3NCCO3)cs2)OC1=O. The second-order valence-electron chi connectivity index (χ2n) is 4.02. The van der Waals surface area contributed by atoms with Crippen LogP contribution in [0, 0.1) is 0 Å². The molecule has 0 bridgehead atoms. The molecule has 17 heavy (non-hydrogen) atoms. The average molecular weight is 252 g/mol. The molecule has 2 saturated heterocycles. The first-order chi connectivity index (χ1) is 8.24. The molecule has 0 saturated carbocycles. The lowest BCUT2D eigenvalue weighted by atomic mass is 10.2. The molecule has 3 rings (SSSR count). The summed E-state index contributed by atoms with van der Waals surface area (Å²) in [7, 11) is 0. The Balaban J connectivity index is 1.76. The number of esters is 1. The Hall–Kier alpha value is -1.24. The van der Waals surface area contributed by atoms with Crippen LogP contribution < -0.4 is 5.32 Å². The minimum atomic E-state index is -0.318. The first-order valence-corrected chi connectivity index (χ1v) is 6.31. The maximum atomic E-state index is 11.2. The molecule has 2 atom stereocenters. The molecule has 0 radical (unpaired) electrons. The molecule has 3 heterocycles. The van der Waals surface area contributed by atoms with Crippen LogP contribution in [0.3, 0.4) is 0 Å². The molecular weight excluding hydrogens is 240 g/mol. The molecule has 1 aromatic heterocycles. The van der Waals surface area contributed by atoms with Crippen molar-refractivity contribution in [1.82, 2.24) is 10.3 Å². The lowest BCUT2D eigenvalue weighted by Crippen LogP contribution is -2.14. The van der Waals surface area contributed by atoms with E-state index in [-0.39, 0.29) is 18.3 Å². The number of nitrogens with zero attached hydrogens (tertiary/aromatic N) is 1. The van der Waals surface area contributed by atoms with Crippen molar-refractivity contribution in [3.63, 3.8) is 0 Å². The van der Waals surface area contributed by atoms with Gasteiger partial charge in [0.1, 0.15) is 5.01 Å². The zero-order chi connectivity index (χ0) is 11.8. The second-order valence-corrected chi connectivity index (χ2v) is 4.91. The van der Waals surface area contributed by atoms with Crippen LogP contribution in [0.5, 0.6) is 0 Å². The molecule has 1 aromatic rings. The molecule has 5 nitrogen and oxygen atoms in total. The smallest absolute Gasteiger partial charge is 0.334 e. The van der Waals surface area contributed by atoms with Gasteiger partial charge in [0.05, 0.1) is 12.3 Å². The largest absolute Gasteiger partial charge is 0.451 e. The van der Waals surface area contributed by atoms with E-state index in [0.29, 0.717) is 18.6 Å². The third-order valence-electron chi connectivity index (χ3n) is 2.77. The molecule has 1 N–H and O–H groups in total. The van der Waals surface area contributed by atoms with E-state index in [1.807, 2.05) is 5.38 Å². The van der Waals surface area contributed by atoms with Crippen LogP contribution in [0.2, 0.25) is 0 Å². The molecule has 0 amide bonds. The van der Waals surface area contributed by atoms with Gasteiger partial charge >= 0.3 is 5.97 Å². The molecule has 2 aliphatic rings. The topological polar surface area (TPSA) is 60.5 Å². The van der Waals surface area contributed by atoms with E-state index >= 15 is 0 Å². The van der Waals surface area contributed by atoms with Crippen molar-refractivity contribution in [3.05, 3.63) is 28.2 Å². The van der Waals surface area contributed by atoms with E-state index in [2.05, 4.69) is 16.9 Å². The Labute approximate surface area is 102 Å². The summed E-state index contributed by atoms with van der Waals surface area (Å²) in [4.78, 5) is 15.7. The zero-order valence-corrected chi connectivity index (χ0v) is 9.96. The Morgan fingerprint density at radius 1 is 1.59 bits per heavy atom. The van der Waals surface area contributed by atoms with Crippen LogP contribution in [0.1, 0.15) is 29.5 Å². The molecule has 2 unspecified atom stereocenters. The van der Waals surface area contributed by atoms with Crippen molar-refractivity contribution in [3.8, 4) is 0 Å². The van der Waals surface area contributed by atoms with Crippen LogP contribution in [-0.2, 0) is 14.3 Å². The molecule has 2 aliphatic heterocycles. The number of rotatable bonds is 2. The van der Waals surface area contributed by atoms with Crippen LogP contribution in [0.15, 0.2) is 17.5 Å². The van der Waals surface area contributed by atoms with Gasteiger partial charge in [0.25, 0.3) is 0 Å². The Bertz CT molecular complexity index is 449. The number of aromatic nitrogens is 1. The molecular formula is C11H12N2O3S. The highest BCUT2D eigenvalue weighted by atomic mass is 32.1. The van der Waals surface area contributed by atoms with E-state index in [0.717, 1.165) is 17.2 Å². The highest BCUT2D eigenvalue weighted by Crippen LogP contribution is 2.34. The maximum absolute atomic E-state index is 11.2. The maximum Gasteiger partial charge on any atom is 0.334 e. The number of hydrogen-bond donors (Lipinski definition) is 1. The average Bonchev–Trinajstić information content (AvgIpc) is 3.00. The summed E-state index contributed by atoms with van der Waals surface area (Å²) >= 11 is 1.49. The van der Waals surface area contributed by atoms with Crippen molar-refractivity contribution >= 4 is 17.3 Å². The number of cyclic esters (lactones) is 1. The number of thiazole rings is 1. The van der Waals surface area contributed by atoms with Crippen LogP contribution in [0.25, 0.3) is 0 Å². The lowest BCUT2D eigenvalue weighted by molar-refractivity contribution is -0.139. The molecule has 0 spiro atoms. The summed E-state index contributed by atoms with van der Waals surface area (Å²) in [5, 5.41) is 5.94. The van der Waals surface area contributed by atoms with E-state index < -0.39 is 0 Å². The summed E-state index contributed by atoms with van der Waals surface area (Å²) in [6, 6.07) is 0. The molecule has 2 fully saturated rings. The van der Waals surface area contributed by atoms with E-state index in [4.69, 9.17) is 9.47 Å². The van der Waals surface area contributed by atoms with Gasteiger partial charge in [-0.3, -0.25) is 5.32 Å². The van der Waals surface area contributed by atoms with Gasteiger partial charge in [0.15, 0.2) is 12.3 Å². The van der Waals surface area contributed by atoms with Gasteiger partial charge in [-0.25, -0.2) is 9.78 Å². The van der Waals surface area contributed by atoms with Crippen molar-refractivity contribution in [2.75, 3.05) is 13.2 Å². The van der Waals surface area contributed by atoms with Gasteiger partial charge in [0, 0.05) is 23.9 Å². The number of carbonyl (C=O) groups excluding carboxylic acids is 1. The third kappa shape index (κ3) is 1.99. The van der Waals surface area contributed by atoms with Crippen LogP contribution in [0.4, 0.5) is 0 Å². The summed E-state index contributed by atoms with van der Waals surface area (Å²) in [6.45, 7) is 5.20. The zero-order valence-electron chi connectivity index (χ0n) is 9.14. The Kier molecular flexibility index (Phi) is 2.70. The van der Waals surface area contributed by atoms with E-state index in [9.17, 15) is 4.79 Å². The highest BCUT2D eigenvalue weighted by molar-refractivity contribution is 7.09. The van der Waals surface area contributed by atoms with E-state index in [1.54, 1.807) is 0 Å². The predicted octanol–water partition coefficient (Wildman–Crippen LogP) is 1.31. The monoisotopic (exact) mass is 252 g/mol. The van der Waals surface area contributed by atoms with Crippen molar-refractivity contribution < 1.29 is 14.3 Å². The molecule has 0 aliphatic carbocycles. The van der Waals surface area contributed by atoms with Crippen LogP contribution in [-0.4, -0.2) is 24.1 Å². The molecule has 0 aromatic carbocycles. The molecule has 6 heteroatoms. The van der Waals surface area contributed by atoms with Crippen molar-refractivity contribution in [2.45, 2.75) is 18.8 Å². The minimum Gasteiger partial charge on any atom is -0.451 e. The van der Waals surface area contributed by atoms with Gasteiger partial charge in [-0.1, -0.05) is 6.58 Å². The Morgan fingerprint density at radius 2 is 2.47 bits per heavy atom. The van der Waals surface area contributed by atoms with Gasteiger partial charge in [-0.05, 0) is 0 Å². The van der Waals surface area contributed by atoms with E-state index in [1.165, 1.54) is 11.3 Å².